The molecule has 0 aromatic carbocycles. The molecular formula is C10H14N2S. The smallest absolute Gasteiger partial charge is 0.0400 e. The zero-order chi connectivity index (χ0) is 9.10. The van der Waals surface area contributed by atoms with Crippen LogP contribution in [0.25, 0.3) is 0 Å². The standard InChI is InChI=1S/C10H14N2S/c1-9-8-10(2-3-11-9)12-4-6-13-7-5-12/h2-3,8H,4-7H2,1H3. The third kappa shape index (κ3) is 2.15. The Morgan fingerprint density at radius 2 is 2.15 bits per heavy atom. The zero-order valence-corrected chi connectivity index (χ0v) is 8.68. The van der Waals surface area contributed by atoms with Crippen molar-refractivity contribution in [2.45, 2.75) is 6.92 Å². The average Bonchev–Trinajstić information content (AvgIpc) is 2.19. The number of aryl methyl sites for hydroxylation is 1. The molecule has 0 aliphatic carbocycles. The largest absolute Gasteiger partial charge is 0.370 e. The molecule has 0 unspecified atom stereocenters. The van der Waals surface area contributed by atoms with Crippen LogP contribution in [0.5, 0.6) is 0 Å². The quantitative estimate of drug-likeness (QED) is 0.679. The van der Waals surface area contributed by atoms with Gasteiger partial charge in [0.2, 0.25) is 0 Å². The molecule has 3 heteroatoms. The van der Waals surface area contributed by atoms with E-state index in [-0.39, 0.29) is 0 Å². The summed E-state index contributed by atoms with van der Waals surface area (Å²) >= 11 is 2.04. The first-order valence-electron chi connectivity index (χ1n) is 4.61. The van der Waals surface area contributed by atoms with Crippen LogP contribution < -0.4 is 4.90 Å². The lowest BCUT2D eigenvalue weighted by atomic mass is 10.3. The Kier molecular flexibility index (Phi) is 2.74. The van der Waals surface area contributed by atoms with Crippen molar-refractivity contribution in [1.82, 2.24) is 4.98 Å². The van der Waals surface area contributed by atoms with E-state index in [0.29, 0.717) is 0 Å². The van der Waals surface area contributed by atoms with Gasteiger partial charge in [-0.25, -0.2) is 0 Å². The molecule has 0 N–H and O–H groups in total. The fourth-order valence-corrected chi connectivity index (χ4v) is 2.45. The van der Waals surface area contributed by atoms with Gasteiger partial charge in [0.25, 0.3) is 0 Å². The summed E-state index contributed by atoms with van der Waals surface area (Å²) in [6, 6.07) is 4.26. The molecule has 1 aromatic heterocycles. The second-order valence-corrected chi connectivity index (χ2v) is 4.48. The van der Waals surface area contributed by atoms with Gasteiger partial charge in [0, 0.05) is 42.2 Å². The molecule has 0 spiro atoms. The number of hydrogen-bond donors (Lipinski definition) is 0. The van der Waals surface area contributed by atoms with E-state index in [9.17, 15) is 0 Å². The van der Waals surface area contributed by atoms with Crippen LogP contribution in [0.15, 0.2) is 18.3 Å². The van der Waals surface area contributed by atoms with Crippen molar-refractivity contribution in [2.24, 2.45) is 0 Å². The summed E-state index contributed by atoms with van der Waals surface area (Å²) in [5, 5.41) is 0. The van der Waals surface area contributed by atoms with Crippen LogP contribution in [-0.4, -0.2) is 29.6 Å². The monoisotopic (exact) mass is 194 g/mol. The molecule has 0 saturated carbocycles. The van der Waals surface area contributed by atoms with Gasteiger partial charge in [-0.15, -0.1) is 0 Å². The third-order valence-corrected chi connectivity index (χ3v) is 3.20. The fourth-order valence-electron chi connectivity index (χ4n) is 1.55. The molecule has 0 radical (unpaired) electrons. The minimum atomic E-state index is 1.11. The van der Waals surface area contributed by atoms with Crippen molar-refractivity contribution in [2.75, 3.05) is 29.5 Å². The summed E-state index contributed by atoms with van der Waals surface area (Å²) in [6.07, 6.45) is 1.90. The molecule has 0 bridgehead atoms. The van der Waals surface area contributed by atoms with Gasteiger partial charge >= 0.3 is 0 Å². The lowest BCUT2D eigenvalue weighted by Crippen LogP contribution is -2.32. The van der Waals surface area contributed by atoms with E-state index in [2.05, 4.69) is 22.0 Å². The predicted octanol–water partition coefficient (Wildman–Crippen LogP) is 1.94. The van der Waals surface area contributed by atoms with Gasteiger partial charge in [-0.05, 0) is 19.1 Å². The number of rotatable bonds is 1. The molecule has 2 heterocycles. The van der Waals surface area contributed by atoms with Crippen LogP contribution in [0.2, 0.25) is 0 Å². The van der Waals surface area contributed by atoms with Gasteiger partial charge in [0.15, 0.2) is 0 Å². The van der Waals surface area contributed by atoms with Gasteiger partial charge in [0.05, 0.1) is 0 Å². The Hall–Kier alpha value is -0.700. The molecule has 1 aliphatic heterocycles. The lowest BCUT2D eigenvalue weighted by Gasteiger charge is -2.28. The first kappa shape index (κ1) is 8.88. The van der Waals surface area contributed by atoms with Crippen molar-refractivity contribution in [3.63, 3.8) is 0 Å². The number of anilines is 1. The van der Waals surface area contributed by atoms with Gasteiger partial charge in [-0.1, -0.05) is 0 Å². The van der Waals surface area contributed by atoms with Crippen molar-refractivity contribution in [3.8, 4) is 0 Å². The topological polar surface area (TPSA) is 16.1 Å². The van der Waals surface area contributed by atoms with Crippen molar-refractivity contribution >= 4 is 17.4 Å². The number of nitrogens with zero attached hydrogens (tertiary/aromatic N) is 2. The number of thioether (sulfide) groups is 1. The fraction of sp³-hybridized carbons (Fsp3) is 0.500. The molecule has 0 atom stereocenters. The summed E-state index contributed by atoms with van der Waals surface area (Å²) in [7, 11) is 0. The van der Waals surface area contributed by atoms with Gasteiger partial charge in [0.1, 0.15) is 0 Å². The minimum Gasteiger partial charge on any atom is -0.370 e. The molecule has 70 valence electrons. The highest BCUT2D eigenvalue weighted by Gasteiger charge is 2.10. The van der Waals surface area contributed by atoms with Crippen molar-refractivity contribution < 1.29 is 0 Å². The number of aromatic nitrogens is 1. The van der Waals surface area contributed by atoms with E-state index in [1.54, 1.807) is 0 Å². The minimum absolute atomic E-state index is 1.11. The molecule has 0 amide bonds. The van der Waals surface area contributed by atoms with Crippen LogP contribution in [0.3, 0.4) is 0 Å². The Labute approximate surface area is 83.4 Å². The van der Waals surface area contributed by atoms with Crippen LogP contribution in [-0.2, 0) is 0 Å². The second kappa shape index (κ2) is 4.01. The normalized spacial score (nSPS) is 17.5. The summed E-state index contributed by atoms with van der Waals surface area (Å²) in [5.41, 5.74) is 2.43. The molecule has 2 nitrogen and oxygen atoms in total. The highest BCUT2D eigenvalue weighted by atomic mass is 32.2. The molecule has 13 heavy (non-hydrogen) atoms. The van der Waals surface area contributed by atoms with Gasteiger partial charge in [-0.3, -0.25) is 4.98 Å². The van der Waals surface area contributed by atoms with E-state index in [0.717, 1.165) is 5.69 Å². The van der Waals surface area contributed by atoms with Gasteiger partial charge in [-0.2, -0.15) is 11.8 Å². The summed E-state index contributed by atoms with van der Waals surface area (Å²) in [4.78, 5) is 6.64. The first-order valence-corrected chi connectivity index (χ1v) is 5.77. The SMILES string of the molecule is Cc1cc(N2CCSCC2)ccn1. The molecule has 1 aromatic rings. The Bertz CT molecular complexity index is 282. The summed E-state index contributed by atoms with van der Waals surface area (Å²) in [6.45, 7) is 4.39. The first-order chi connectivity index (χ1) is 6.36. The highest BCUT2D eigenvalue weighted by Crippen LogP contribution is 2.18. The molecular weight excluding hydrogens is 180 g/mol. The predicted molar refractivity (Wildman–Crippen MR) is 58.5 cm³/mol. The van der Waals surface area contributed by atoms with E-state index in [1.165, 1.54) is 30.3 Å². The maximum absolute atomic E-state index is 4.20. The molecule has 1 saturated heterocycles. The van der Waals surface area contributed by atoms with Crippen molar-refractivity contribution in [1.29, 1.82) is 0 Å². The second-order valence-electron chi connectivity index (χ2n) is 3.25. The zero-order valence-electron chi connectivity index (χ0n) is 7.86. The maximum Gasteiger partial charge on any atom is 0.0400 e. The lowest BCUT2D eigenvalue weighted by molar-refractivity contribution is 0.856. The number of hydrogen-bond acceptors (Lipinski definition) is 3. The summed E-state index contributed by atoms with van der Waals surface area (Å²) in [5.74, 6) is 2.50. The van der Waals surface area contributed by atoms with E-state index in [4.69, 9.17) is 0 Å². The Balaban J connectivity index is 2.14. The van der Waals surface area contributed by atoms with Gasteiger partial charge < -0.3 is 4.90 Å². The molecule has 1 aliphatic rings. The van der Waals surface area contributed by atoms with E-state index in [1.807, 2.05) is 24.9 Å². The van der Waals surface area contributed by atoms with Crippen LogP contribution in [0.4, 0.5) is 5.69 Å². The van der Waals surface area contributed by atoms with E-state index >= 15 is 0 Å². The third-order valence-electron chi connectivity index (χ3n) is 2.26. The van der Waals surface area contributed by atoms with E-state index < -0.39 is 0 Å². The Morgan fingerprint density at radius 3 is 2.85 bits per heavy atom. The molecule has 2 rings (SSSR count). The molecule has 1 fully saturated rings. The van der Waals surface area contributed by atoms with Crippen LogP contribution >= 0.6 is 11.8 Å². The van der Waals surface area contributed by atoms with Crippen LogP contribution in [0.1, 0.15) is 5.69 Å². The summed E-state index contributed by atoms with van der Waals surface area (Å²) < 4.78 is 0. The Morgan fingerprint density at radius 1 is 1.38 bits per heavy atom. The number of pyridine rings is 1. The maximum atomic E-state index is 4.20. The van der Waals surface area contributed by atoms with Crippen molar-refractivity contribution in [3.05, 3.63) is 24.0 Å². The van der Waals surface area contributed by atoms with Crippen LogP contribution in [0, 0.1) is 6.92 Å². The average molecular weight is 194 g/mol. The highest BCUT2D eigenvalue weighted by molar-refractivity contribution is 7.99.